The van der Waals surface area contributed by atoms with Gasteiger partial charge in [0.1, 0.15) is 6.23 Å². The van der Waals surface area contributed by atoms with Crippen LogP contribution in [-0.2, 0) is 4.74 Å². The van der Waals surface area contributed by atoms with E-state index >= 15 is 0 Å². The van der Waals surface area contributed by atoms with Crippen molar-refractivity contribution in [3.05, 3.63) is 57.9 Å². The van der Waals surface area contributed by atoms with E-state index in [1.165, 1.54) is 7.11 Å². The number of hydrogen-bond acceptors (Lipinski definition) is 5. The minimum absolute atomic E-state index is 0.123. The van der Waals surface area contributed by atoms with Crippen LogP contribution in [0.25, 0.3) is 22.0 Å². The van der Waals surface area contributed by atoms with Gasteiger partial charge in [0.2, 0.25) is 6.79 Å². The number of hydrogen-bond donors (Lipinski definition) is 0. The molecule has 0 fully saturated rings. The number of nitrogens with zero attached hydrogens (tertiary/aromatic N) is 1. The summed E-state index contributed by atoms with van der Waals surface area (Å²) in [6, 6.07) is 10.6. The molecule has 130 valence electrons. The first-order valence-electron chi connectivity index (χ1n) is 8.30. The zero-order chi connectivity index (χ0) is 18.0. The molecule has 6 heteroatoms. The first-order valence-corrected chi connectivity index (χ1v) is 8.30. The number of carbonyl (C=O) groups excluding carboxylic acids is 1. The summed E-state index contributed by atoms with van der Waals surface area (Å²) in [6.07, 6.45) is -0.523. The number of methoxy groups -OCH3 is 1. The third kappa shape index (κ3) is 1.79. The summed E-state index contributed by atoms with van der Waals surface area (Å²) in [5.41, 5.74) is 2.08. The summed E-state index contributed by atoms with van der Waals surface area (Å²) in [7, 11) is 1.54. The molecule has 26 heavy (non-hydrogen) atoms. The molecule has 1 aliphatic heterocycles. The molecule has 0 N–H and O–H groups in total. The first-order chi connectivity index (χ1) is 12.6. The maximum atomic E-state index is 13.2. The molecule has 1 atom stereocenters. The van der Waals surface area contributed by atoms with Gasteiger partial charge >= 0.3 is 0 Å². The molecule has 0 saturated heterocycles. The average Bonchev–Trinajstić information content (AvgIpc) is 3.23. The van der Waals surface area contributed by atoms with Crippen LogP contribution < -0.4 is 15.0 Å². The predicted molar refractivity (Wildman–Crippen MR) is 94.9 cm³/mol. The van der Waals surface area contributed by atoms with E-state index in [1.807, 2.05) is 12.1 Å². The van der Waals surface area contributed by atoms with Gasteiger partial charge in [-0.1, -0.05) is 18.2 Å². The van der Waals surface area contributed by atoms with Crippen molar-refractivity contribution in [2.75, 3.05) is 13.9 Å². The SMILES string of the molecule is COC(C)n1c2c(c3ccccc3c1=O)C(=O)c1cc3c(cc1-2)OCO3. The minimum atomic E-state index is -0.523. The molecule has 1 aliphatic carbocycles. The van der Waals surface area contributed by atoms with E-state index in [1.54, 1.807) is 35.8 Å². The Balaban J connectivity index is 1.96. The van der Waals surface area contributed by atoms with E-state index in [0.29, 0.717) is 44.7 Å². The summed E-state index contributed by atoms with van der Waals surface area (Å²) >= 11 is 0. The zero-order valence-corrected chi connectivity index (χ0v) is 14.2. The van der Waals surface area contributed by atoms with Gasteiger partial charge in [-0.25, -0.2) is 0 Å². The molecular formula is C20H15NO5. The Kier molecular flexibility index (Phi) is 3.02. The number of pyridine rings is 1. The fourth-order valence-corrected chi connectivity index (χ4v) is 3.77. The van der Waals surface area contributed by atoms with Crippen LogP contribution in [0.15, 0.2) is 41.2 Å². The largest absolute Gasteiger partial charge is 0.454 e. The van der Waals surface area contributed by atoms with Gasteiger partial charge in [-0.05, 0) is 25.1 Å². The maximum Gasteiger partial charge on any atom is 0.261 e. The summed E-state index contributed by atoms with van der Waals surface area (Å²) in [5.74, 6) is 0.992. The van der Waals surface area contributed by atoms with E-state index in [2.05, 4.69) is 0 Å². The number of benzene rings is 2. The molecular weight excluding hydrogens is 334 g/mol. The standard InChI is InChI=1S/C20H15NO5/c1-10(24-2)21-18-13-7-15-16(26-9-25-15)8-14(13)19(22)17(18)11-5-3-4-6-12(11)20(21)23/h3-8,10H,9H2,1-2H3. The highest BCUT2D eigenvalue weighted by Gasteiger charge is 2.36. The van der Waals surface area contributed by atoms with Crippen LogP contribution >= 0.6 is 0 Å². The second kappa shape index (κ2) is 5.19. The molecule has 2 heterocycles. The van der Waals surface area contributed by atoms with Crippen LogP contribution in [0.5, 0.6) is 11.5 Å². The molecule has 0 spiro atoms. The van der Waals surface area contributed by atoms with Crippen LogP contribution in [0.1, 0.15) is 29.1 Å². The van der Waals surface area contributed by atoms with Gasteiger partial charge in [0, 0.05) is 29.0 Å². The van der Waals surface area contributed by atoms with Gasteiger partial charge in [-0.3, -0.25) is 14.2 Å². The van der Waals surface area contributed by atoms with E-state index in [0.717, 1.165) is 0 Å². The second-order valence-corrected chi connectivity index (χ2v) is 6.36. The lowest BCUT2D eigenvalue weighted by molar-refractivity contribution is 0.0593. The van der Waals surface area contributed by atoms with E-state index < -0.39 is 6.23 Å². The minimum Gasteiger partial charge on any atom is -0.454 e. The highest BCUT2D eigenvalue weighted by Crippen LogP contribution is 2.46. The van der Waals surface area contributed by atoms with Crippen molar-refractivity contribution >= 4 is 16.6 Å². The smallest absolute Gasteiger partial charge is 0.261 e. The number of ketones is 1. The molecule has 0 saturated carbocycles. The summed E-state index contributed by atoms with van der Waals surface area (Å²) in [6.45, 7) is 1.91. The van der Waals surface area contributed by atoms with Gasteiger partial charge in [0.25, 0.3) is 5.56 Å². The van der Waals surface area contributed by atoms with E-state index in [9.17, 15) is 9.59 Å². The molecule has 2 aromatic carbocycles. The Bertz CT molecular complexity index is 1160. The Morgan fingerprint density at radius 3 is 2.38 bits per heavy atom. The Morgan fingerprint density at radius 1 is 1.04 bits per heavy atom. The third-order valence-electron chi connectivity index (χ3n) is 5.07. The molecule has 0 bridgehead atoms. The lowest BCUT2D eigenvalue weighted by Gasteiger charge is -2.20. The van der Waals surface area contributed by atoms with Crippen LogP contribution in [-0.4, -0.2) is 24.3 Å². The first kappa shape index (κ1) is 15.2. The molecule has 6 nitrogen and oxygen atoms in total. The lowest BCUT2D eigenvalue weighted by Crippen LogP contribution is -2.27. The van der Waals surface area contributed by atoms with Crippen molar-refractivity contribution < 1.29 is 19.0 Å². The highest BCUT2D eigenvalue weighted by atomic mass is 16.7. The quantitative estimate of drug-likeness (QED) is 0.556. The van der Waals surface area contributed by atoms with Gasteiger partial charge in [-0.2, -0.15) is 0 Å². The Labute approximate surface area is 148 Å². The van der Waals surface area contributed by atoms with Crippen molar-refractivity contribution in [3.8, 4) is 22.8 Å². The van der Waals surface area contributed by atoms with E-state index in [-0.39, 0.29) is 18.1 Å². The Hall–Kier alpha value is -3.12. The normalized spacial score (nSPS) is 15.2. The summed E-state index contributed by atoms with van der Waals surface area (Å²) in [4.78, 5) is 26.4. The van der Waals surface area contributed by atoms with E-state index in [4.69, 9.17) is 14.2 Å². The summed E-state index contributed by atoms with van der Waals surface area (Å²) < 4.78 is 17.9. The topological polar surface area (TPSA) is 66.8 Å². The van der Waals surface area contributed by atoms with Crippen molar-refractivity contribution in [3.63, 3.8) is 0 Å². The average molecular weight is 349 g/mol. The molecule has 0 amide bonds. The number of ether oxygens (including phenoxy) is 3. The van der Waals surface area contributed by atoms with Crippen LogP contribution in [0.2, 0.25) is 0 Å². The predicted octanol–water partition coefficient (Wildman–Crippen LogP) is 3.11. The third-order valence-corrected chi connectivity index (χ3v) is 5.07. The van der Waals surface area contributed by atoms with Gasteiger partial charge < -0.3 is 14.2 Å². The maximum absolute atomic E-state index is 13.2. The number of carbonyl (C=O) groups is 1. The van der Waals surface area contributed by atoms with Gasteiger partial charge in [-0.15, -0.1) is 0 Å². The van der Waals surface area contributed by atoms with Crippen molar-refractivity contribution in [1.29, 1.82) is 0 Å². The van der Waals surface area contributed by atoms with Crippen LogP contribution in [0.4, 0.5) is 0 Å². The molecule has 5 rings (SSSR count). The molecule has 2 aliphatic rings. The fraction of sp³-hybridized carbons (Fsp3) is 0.200. The monoisotopic (exact) mass is 349 g/mol. The van der Waals surface area contributed by atoms with Crippen LogP contribution in [0, 0.1) is 0 Å². The summed E-state index contributed by atoms with van der Waals surface area (Å²) in [5, 5.41) is 1.14. The van der Waals surface area contributed by atoms with Crippen LogP contribution in [0.3, 0.4) is 0 Å². The molecule has 1 aromatic heterocycles. The van der Waals surface area contributed by atoms with Gasteiger partial charge in [0.05, 0.1) is 11.3 Å². The molecule has 0 radical (unpaired) electrons. The second-order valence-electron chi connectivity index (χ2n) is 6.36. The fourth-order valence-electron chi connectivity index (χ4n) is 3.77. The Morgan fingerprint density at radius 2 is 1.69 bits per heavy atom. The zero-order valence-electron chi connectivity index (χ0n) is 14.2. The molecule has 3 aromatic rings. The lowest BCUT2D eigenvalue weighted by atomic mass is 10.0. The number of fused-ring (bicyclic) bond motifs is 6. The highest BCUT2D eigenvalue weighted by molar-refractivity contribution is 6.27. The van der Waals surface area contributed by atoms with Crippen molar-refractivity contribution in [2.45, 2.75) is 13.2 Å². The van der Waals surface area contributed by atoms with Crippen molar-refractivity contribution in [2.24, 2.45) is 0 Å². The number of rotatable bonds is 2. The number of aromatic nitrogens is 1. The van der Waals surface area contributed by atoms with Crippen molar-refractivity contribution in [1.82, 2.24) is 4.57 Å². The molecule has 1 unspecified atom stereocenters. The van der Waals surface area contributed by atoms with Gasteiger partial charge in [0.15, 0.2) is 17.3 Å².